The molecule has 0 unspecified atom stereocenters. The first-order valence-corrected chi connectivity index (χ1v) is 10.6. The van der Waals surface area contributed by atoms with Gasteiger partial charge in [0.25, 0.3) is 0 Å². The number of hydrogen-bond acceptors (Lipinski definition) is 4. The van der Waals surface area contributed by atoms with Crippen molar-refractivity contribution in [3.8, 4) is 0 Å². The maximum absolute atomic E-state index is 12.3. The van der Waals surface area contributed by atoms with Gasteiger partial charge in [-0.2, -0.15) is 0 Å². The van der Waals surface area contributed by atoms with Crippen LogP contribution < -0.4 is 0 Å². The van der Waals surface area contributed by atoms with Gasteiger partial charge in [-0.05, 0) is 37.8 Å². The number of nitrogens with zero attached hydrogens (tertiary/aromatic N) is 1. The van der Waals surface area contributed by atoms with Gasteiger partial charge < -0.3 is 9.64 Å². The summed E-state index contributed by atoms with van der Waals surface area (Å²) in [6.45, 7) is 8.18. The summed E-state index contributed by atoms with van der Waals surface area (Å²) in [4.78, 5) is 14.4. The highest BCUT2D eigenvalue weighted by molar-refractivity contribution is 7.91. The van der Waals surface area contributed by atoms with Gasteiger partial charge in [-0.25, -0.2) is 8.42 Å². The van der Waals surface area contributed by atoms with Crippen molar-refractivity contribution in [1.29, 1.82) is 0 Å². The topological polar surface area (TPSA) is 63.7 Å². The predicted octanol–water partition coefficient (Wildman–Crippen LogP) is 2.82. The molecule has 1 aliphatic heterocycles. The van der Waals surface area contributed by atoms with Gasteiger partial charge >= 0.3 is 0 Å². The summed E-state index contributed by atoms with van der Waals surface area (Å²) in [6.07, 6.45) is 1.89. The van der Waals surface area contributed by atoms with E-state index in [1.165, 1.54) is 0 Å². The Morgan fingerprint density at radius 3 is 2.36 bits per heavy atom. The number of carbonyl (C=O) groups excluding carboxylic acids is 1. The van der Waals surface area contributed by atoms with E-state index in [9.17, 15) is 13.2 Å². The largest absolute Gasteiger partial charge is 0.378 e. The lowest BCUT2D eigenvalue weighted by Gasteiger charge is -2.32. The van der Waals surface area contributed by atoms with Gasteiger partial charge in [0.05, 0.1) is 16.8 Å². The molecule has 1 fully saturated rings. The van der Waals surface area contributed by atoms with Crippen LogP contribution in [0.25, 0.3) is 0 Å². The Morgan fingerprint density at radius 2 is 1.80 bits per heavy atom. The molecule has 0 bridgehead atoms. The zero-order valence-corrected chi connectivity index (χ0v) is 16.2. The van der Waals surface area contributed by atoms with E-state index in [1.54, 1.807) is 29.2 Å². The van der Waals surface area contributed by atoms with Crippen molar-refractivity contribution < 1.29 is 17.9 Å². The van der Waals surface area contributed by atoms with Crippen molar-refractivity contribution in [2.75, 3.05) is 25.4 Å². The smallest absolute Gasteiger partial charge is 0.223 e. The number of rotatable bonds is 7. The van der Waals surface area contributed by atoms with Crippen LogP contribution in [-0.4, -0.2) is 50.8 Å². The quantitative estimate of drug-likeness (QED) is 0.743. The summed E-state index contributed by atoms with van der Waals surface area (Å²) in [5.41, 5.74) is 1.01. The first kappa shape index (κ1) is 19.9. The lowest BCUT2D eigenvalue weighted by Crippen LogP contribution is -2.41. The lowest BCUT2D eigenvalue weighted by molar-refractivity contribution is -0.133. The summed E-state index contributed by atoms with van der Waals surface area (Å²) in [6, 6.07) is 6.76. The summed E-state index contributed by atoms with van der Waals surface area (Å²) < 4.78 is 30.5. The van der Waals surface area contributed by atoms with Crippen LogP contribution in [0.5, 0.6) is 0 Å². The van der Waals surface area contributed by atoms with E-state index in [1.807, 2.05) is 6.92 Å². The van der Waals surface area contributed by atoms with Crippen molar-refractivity contribution in [2.45, 2.75) is 51.0 Å². The third-order valence-corrected chi connectivity index (χ3v) is 6.16. The lowest BCUT2D eigenvalue weighted by atomic mass is 10.1. The van der Waals surface area contributed by atoms with Gasteiger partial charge in [0.2, 0.25) is 5.91 Å². The van der Waals surface area contributed by atoms with E-state index in [-0.39, 0.29) is 29.1 Å². The number of amides is 1. The van der Waals surface area contributed by atoms with Gasteiger partial charge in [0.1, 0.15) is 0 Å². The van der Waals surface area contributed by atoms with E-state index in [4.69, 9.17) is 4.74 Å². The Bertz CT molecular complexity index is 659. The minimum absolute atomic E-state index is 0.0354. The monoisotopic (exact) mass is 367 g/mol. The predicted molar refractivity (Wildman–Crippen MR) is 98.2 cm³/mol. The van der Waals surface area contributed by atoms with E-state index in [0.29, 0.717) is 19.0 Å². The molecule has 1 aliphatic rings. The summed E-state index contributed by atoms with van der Waals surface area (Å²) in [7, 11) is -3.41. The molecule has 1 amide bonds. The van der Waals surface area contributed by atoms with Gasteiger partial charge in [-0.1, -0.05) is 31.5 Å². The molecule has 6 heteroatoms. The number of benzene rings is 1. The highest BCUT2D eigenvalue weighted by atomic mass is 32.2. The van der Waals surface area contributed by atoms with Gasteiger partial charge in [-0.15, -0.1) is 0 Å². The molecule has 1 aromatic rings. The minimum atomic E-state index is -3.41. The number of ether oxygens (including phenoxy) is 1. The molecule has 0 N–H and O–H groups in total. The van der Waals surface area contributed by atoms with Crippen LogP contribution in [0.4, 0.5) is 0 Å². The van der Waals surface area contributed by atoms with Gasteiger partial charge in [-0.3, -0.25) is 4.79 Å². The first-order valence-electron chi connectivity index (χ1n) is 8.97. The Balaban J connectivity index is 1.80. The van der Waals surface area contributed by atoms with Crippen LogP contribution in [0, 0.1) is 12.8 Å². The molecule has 2 rings (SSSR count). The average molecular weight is 368 g/mol. The maximum Gasteiger partial charge on any atom is 0.223 e. The third-order valence-electron chi connectivity index (χ3n) is 4.42. The van der Waals surface area contributed by atoms with E-state index in [2.05, 4.69) is 13.8 Å². The second-order valence-electron chi connectivity index (χ2n) is 7.19. The molecule has 0 saturated carbocycles. The maximum atomic E-state index is 12.3. The highest BCUT2D eigenvalue weighted by Crippen LogP contribution is 2.17. The SMILES string of the molecule is Cc1ccc(S(=O)(=O)CCC(=O)N2CCC(OCC(C)C)CC2)cc1. The summed E-state index contributed by atoms with van der Waals surface area (Å²) in [5.74, 6) is 0.281. The standard InChI is InChI=1S/C19H29NO4S/c1-15(2)14-24-17-8-11-20(12-9-17)19(21)10-13-25(22,23)18-6-4-16(3)5-7-18/h4-7,15,17H,8-14H2,1-3H3. The molecular weight excluding hydrogens is 338 g/mol. The molecule has 25 heavy (non-hydrogen) atoms. The Morgan fingerprint density at radius 1 is 1.20 bits per heavy atom. The molecule has 140 valence electrons. The van der Waals surface area contributed by atoms with Crippen molar-refractivity contribution in [2.24, 2.45) is 5.92 Å². The average Bonchev–Trinajstić information content (AvgIpc) is 2.59. The number of piperidine rings is 1. The fourth-order valence-corrected chi connectivity index (χ4v) is 4.07. The number of hydrogen-bond donors (Lipinski definition) is 0. The molecule has 0 radical (unpaired) electrons. The number of aryl methyl sites for hydroxylation is 1. The zero-order valence-electron chi connectivity index (χ0n) is 15.4. The van der Waals surface area contributed by atoms with E-state index in [0.717, 1.165) is 25.0 Å². The fraction of sp³-hybridized carbons (Fsp3) is 0.632. The summed E-state index contributed by atoms with van der Waals surface area (Å²) in [5, 5.41) is 0. The van der Waals surface area contributed by atoms with Crippen LogP contribution in [0.3, 0.4) is 0 Å². The van der Waals surface area contributed by atoms with Crippen molar-refractivity contribution in [3.05, 3.63) is 29.8 Å². The van der Waals surface area contributed by atoms with Gasteiger partial charge in [0, 0.05) is 26.1 Å². The summed E-state index contributed by atoms with van der Waals surface area (Å²) >= 11 is 0. The second-order valence-corrected chi connectivity index (χ2v) is 9.30. The molecule has 0 aliphatic carbocycles. The molecule has 1 saturated heterocycles. The fourth-order valence-electron chi connectivity index (χ4n) is 2.84. The normalized spacial score (nSPS) is 16.4. The van der Waals surface area contributed by atoms with Crippen LogP contribution in [0.1, 0.15) is 38.7 Å². The Labute approximate surface area is 151 Å². The number of carbonyl (C=O) groups is 1. The van der Waals surface area contributed by atoms with E-state index < -0.39 is 9.84 Å². The zero-order chi connectivity index (χ0) is 18.4. The Hall–Kier alpha value is -1.40. The Kier molecular flexibility index (Phi) is 7.02. The van der Waals surface area contributed by atoms with Crippen molar-refractivity contribution in [3.63, 3.8) is 0 Å². The van der Waals surface area contributed by atoms with Crippen molar-refractivity contribution in [1.82, 2.24) is 4.90 Å². The molecular formula is C19H29NO4S. The molecule has 1 heterocycles. The molecule has 0 spiro atoms. The second kappa shape index (κ2) is 8.81. The van der Waals surface area contributed by atoms with Crippen LogP contribution >= 0.6 is 0 Å². The number of likely N-dealkylation sites (tertiary alicyclic amines) is 1. The molecule has 0 atom stereocenters. The number of sulfone groups is 1. The minimum Gasteiger partial charge on any atom is -0.378 e. The third kappa shape index (κ3) is 6.12. The van der Waals surface area contributed by atoms with Crippen LogP contribution in [-0.2, 0) is 19.4 Å². The molecule has 5 nitrogen and oxygen atoms in total. The first-order chi connectivity index (χ1) is 11.8. The van der Waals surface area contributed by atoms with Gasteiger partial charge in [0.15, 0.2) is 9.84 Å². The molecule has 0 aromatic heterocycles. The van der Waals surface area contributed by atoms with Crippen LogP contribution in [0.15, 0.2) is 29.2 Å². The van der Waals surface area contributed by atoms with E-state index >= 15 is 0 Å². The highest BCUT2D eigenvalue weighted by Gasteiger charge is 2.25. The van der Waals surface area contributed by atoms with Crippen LogP contribution in [0.2, 0.25) is 0 Å². The molecule has 1 aromatic carbocycles. The van der Waals surface area contributed by atoms with Crippen molar-refractivity contribution >= 4 is 15.7 Å².